The third-order valence-corrected chi connectivity index (χ3v) is 5.62. The van der Waals surface area contributed by atoms with Crippen LogP contribution in [0.1, 0.15) is 76.4 Å². The predicted molar refractivity (Wildman–Crippen MR) is 130 cm³/mol. The molecule has 2 rings (SSSR count). The first kappa shape index (κ1) is 43.4. The molecule has 0 unspecified atom stereocenters. The number of rotatable bonds is 0. The van der Waals surface area contributed by atoms with Gasteiger partial charge in [-0.2, -0.15) is 76.4 Å². The van der Waals surface area contributed by atoms with E-state index in [0.29, 0.717) is 0 Å². The molecule has 0 fully saturated rings. The molecule has 3 heteroatoms. The van der Waals surface area contributed by atoms with E-state index in [1.54, 1.807) is 20.8 Å². The number of hydrogen-bond donors (Lipinski definition) is 0. The van der Waals surface area contributed by atoms with Gasteiger partial charge < -0.3 is 33.2 Å². The first-order valence-corrected chi connectivity index (χ1v) is 9.62. The molecule has 0 aliphatic carbocycles. The van der Waals surface area contributed by atoms with Gasteiger partial charge in [-0.1, -0.05) is 69.2 Å². The average molecular weight is 658 g/mol. The second-order valence-corrected chi connectivity index (χ2v) is 6.25. The SMILES string of the molecule is Cc1c(C)c(C)[c-](C)c1C.Cc1c(C)c(C)[c-](C)c1C.[Al+3].[CH2-]C.[CH2-]C.[CH2-]C.[Cl-].[U+3]. The second-order valence-electron chi connectivity index (χ2n) is 6.25. The zero-order chi connectivity index (χ0) is 21.8. The summed E-state index contributed by atoms with van der Waals surface area (Å²) in [5.41, 5.74) is 14.7. The minimum absolute atomic E-state index is 0. The molecule has 0 spiro atoms. The summed E-state index contributed by atoms with van der Waals surface area (Å²) >= 11 is 0. The van der Waals surface area contributed by atoms with Crippen LogP contribution in [0, 0.1) is 121 Å². The summed E-state index contributed by atoms with van der Waals surface area (Å²) in [7, 11) is 0. The molecular formula is C26H45AlClU. The fourth-order valence-electron chi connectivity index (χ4n) is 2.81. The van der Waals surface area contributed by atoms with Crippen molar-refractivity contribution in [3.8, 4) is 0 Å². The molecule has 0 aliphatic rings. The fourth-order valence-corrected chi connectivity index (χ4v) is 2.81. The van der Waals surface area contributed by atoms with Gasteiger partial charge in [0, 0.05) is 0 Å². The first-order valence-electron chi connectivity index (χ1n) is 9.62. The van der Waals surface area contributed by atoms with Crippen LogP contribution in [0.5, 0.6) is 0 Å². The molecule has 0 atom stereocenters. The molecule has 0 saturated carbocycles. The fraction of sp³-hybridized carbons (Fsp3) is 0.500. The van der Waals surface area contributed by atoms with Crippen LogP contribution >= 0.6 is 0 Å². The van der Waals surface area contributed by atoms with E-state index in [0.717, 1.165) is 0 Å². The van der Waals surface area contributed by atoms with Crippen LogP contribution in [0.2, 0.25) is 0 Å². The van der Waals surface area contributed by atoms with E-state index in [1.165, 1.54) is 55.6 Å². The van der Waals surface area contributed by atoms with Crippen LogP contribution in [-0.4, -0.2) is 17.4 Å². The van der Waals surface area contributed by atoms with E-state index in [1.807, 2.05) is 0 Å². The maximum atomic E-state index is 3.25. The monoisotopic (exact) mass is 657 g/mol. The minimum atomic E-state index is 0. The summed E-state index contributed by atoms with van der Waals surface area (Å²) in [6, 6.07) is 0. The molecule has 0 saturated heterocycles. The standard InChI is InChI=1S/2C10H15.3C2H5.Al.ClH.U/c2*1-6-7(2)9(4)10(5)8(6)3;3*1-2;;;/h2*1-5H3;3*1H2,2H3;;1H;/q5*-1;+3;;+3/p-1. The van der Waals surface area contributed by atoms with Crippen molar-refractivity contribution >= 4 is 17.4 Å². The average Bonchev–Trinajstić information content (AvgIpc) is 2.97. The molecule has 29 heavy (non-hydrogen) atoms. The maximum absolute atomic E-state index is 3.25. The van der Waals surface area contributed by atoms with E-state index < -0.39 is 0 Å². The van der Waals surface area contributed by atoms with Crippen LogP contribution in [0.15, 0.2) is 0 Å². The summed E-state index contributed by atoms with van der Waals surface area (Å²) in [6.45, 7) is 37.0. The quantitative estimate of drug-likeness (QED) is 0.275. The van der Waals surface area contributed by atoms with Gasteiger partial charge in [0.05, 0.1) is 0 Å². The molecule has 0 bridgehead atoms. The summed E-state index contributed by atoms with van der Waals surface area (Å²) in [4.78, 5) is 0. The molecule has 0 N–H and O–H groups in total. The maximum Gasteiger partial charge on any atom is 3.00 e. The zero-order valence-electron chi connectivity index (χ0n) is 21.6. The van der Waals surface area contributed by atoms with Crippen LogP contribution in [0.3, 0.4) is 0 Å². The topological polar surface area (TPSA) is 0 Å². The van der Waals surface area contributed by atoms with Crippen molar-refractivity contribution in [3.05, 3.63) is 76.4 Å². The van der Waals surface area contributed by atoms with Crippen LogP contribution < -0.4 is 12.4 Å². The summed E-state index contributed by atoms with van der Waals surface area (Å²) in [5, 5.41) is 0. The Labute approximate surface area is 225 Å². The van der Waals surface area contributed by atoms with Gasteiger partial charge in [-0.15, -0.1) is 0 Å². The molecule has 0 aromatic heterocycles. The first-order chi connectivity index (χ1) is 12.1. The molecule has 0 heterocycles. The third-order valence-electron chi connectivity index (χ3n) is 5.62. The van der Waals surface area contributed by atoms with E-state index in [-0.39, 0.29) is 60.9 Å². The Kier molecular flexibility index (Phi) is 34.8. The van der Waals surface area contributed by atoms with Crippen LogP contribution in [0.4, 0.5) is 0 Å². The normalized spacial score (nSPS) is 7.86. The minimum Gasteiger partial charge on any atom is -1.00 e. The molecule has 0 amide bonds. The number of hydrogen-bond acceptors (Lipinski definition) is 0. The van der Waals surface area contributed by atoms with Gasteiger partial charge in [-0.05, 0) is 0 Å². The van der Waals surface area contributed by atoms with E-state index in [4.69, 9.17) is 0 Å². The molecular weight excluding hydrogens is 613 g/mol. The molecule has 163 valence electrons. The van der Waals surface area contributed by atoms with Crippen molar-refractivity contribution in [1.82, 2.24) is 0 Å². The van der Waals surface area contributed by atoms with Gasteiger partial charge in [-0.25, -0.2) is 0 Å². The predicted octanol–water partition coefficient (Wildman–Crippen LogP) is 5.04. The Morgan fingerprint density at radius 1 is 0.448 bits per heavy atom. The molecule has 2 aromatic carbocycles. The van der Waals surface area contributed by atoms with Gasteiger partial charge in [0.15, 0.2) is 0 Å². The number of halogens is 1. The smallest absolute Gasteiger partial charge is 1.00 e. The Balaban J connectivity index is -0.0000000669. The summed E-state index contributed by atoms with van der Waals surface area (Å²) in [6.07, 6.45) is 0. The van der Waals surface area contributed by atoms with Crippen molar-refractivity contribution < 1.29 is 43.5 Å². The third kappa shape index (κ3) is 12.3. The molecule has 0 nitrogen and oxygen atoms in total. The molecule has 0 aliphatic heterocycles. The zero-order valence-corrected chi connectivity index (χ0v) is 27.7. The molecule has 1 radical (unpaired) electrons. The van der Waals surface area contributed by atoms with Crippen LogP contribution in [-0.2, 0) is 0 Å². The molecule has 2 aromatic rings. The van der Waals surface area contributed by atoms with Gasteiger partial charge >= 0.3 is 48.5 Å². The van der Waals surface area contributed by atoms with E-state index >= 15 is 0 Å². The second kappa shape index (κ2) is 23.2. The van der Waals surface area contributed by atoms with Crippen molar-refractivity contribution in [2.75, 3.05) is 0 Å². The van der Waals surface area contributed by atoms with Gasteiger partial charge in [0.2, 0.25) is 0 Å². The van der Waals surface area contributed by atoms with Gasteiger partial charge in [-0.3, -0.25) is 0 Å². The van der Waals surface area contributed by atoms with Gasteiger partial charge in [0.25, 0.3) is 0 Å². The van der Waals surface area contributed by atoms with Gasteiger partial charge in [0.1, 0.15) is 0 Å². The van der Waals surface area contributed by atoms with E-state index in [9.17, 15) is 0 Å². The van der Waals surface area contributed by atoms with Crippen molar-refractivity contribution in [1.29, 1.82) is 0 Å². The van der Waals surface area contributed by atoms with E-state index in [2.05, 4.69) is 90.0 Å². The van der Waals surface area contributed by atoms with Crippen molar-refractivity contribution in [2.45, 2.75) is 90.0 Å². The largest absolute Gasteiger partial charge is 3.00 e. The Morgan fingerprint density at radius 2 is 0.552 bits per heavy atom. The summed E-state index contributed by atoms with van der Waals surface area (Å²) in [5.74, 6) is 0. The Bertz CT molecular complexity index is 417. The van der Waals surface area contributed by atoms with Crippen LogP contribution in [0.25, 0.3) is 0 Å². The Morgan fingerprint density at radius 3 is 0.586 bits per heavy atom. The summed E-state index contributed by atoms with van der Waals surface area (Å²) < 4.78 is 0. The Hall–Kier alpha value is 0.574. The van der Waals surface area contributed by atoms with Crippen molar-refractivity contribution in [2.24, 2.45) is 0 Å². The van der Waals surface area contributed by atoms with Crippen molar-refractivity contribution in [3.63, 3.8) is 0 Å².